The molecule has 6 nitrogen and oxygen atoms in total. The van der Waals surface area contributed by atoms with Crippen LogP contribution in [0.25, 0.3) is 0 Å². The van der Waals surface area contributed by atoms with E-state index >= 15 is 0 Å². The van der Waals surface area contributed by atoms with Crippen LogP contribution in [0.5, 0.6) is 0 Å². The van der Waals surface area contributed by atoms with Crippen molar-refractivity contribution < 1.29 is 14.1 Å². The molecule has 29 heavy (non-hydrogen) atoms. The largest absolute Gasteiger partial charge is 0.384 e. The lowest BCUT2D eigenvalue weighted by Gasteiger charge is -2.16. The number of aryl methyl sites for hydroxylation is 2. The van der Waals surface area contributed by atoms with Gasteiger partial charge in [0.25, 0.3) is 5.91 Å². The molecule has 1 unspecified atom stereocenters. The summed E-state index contributed by atoms with van der Waals surface area (Å²) in [5.74, 6) is -0.460. The van der Waals surface area contributed by atoms with Crippen molar-refractivity contribution in [3.05, 3.63) is 57.9 Å². The van der Waals surface area contributed by atoms with Gasteiger partial charge in [-0.25, -0.2) is 9.35 Å². The number of rotatable bonds is 4. The number of carbonyl (C=O) groups is 1. The van der Waals surface area contributed by atoms with Crippen LogP contribution in [-0.4, -0.2) is 20.2 Å². The molecule has 0 saturated heterocycles. The Morgan fingerprint density at radius 1 is 1.17 bits per heavy atom. The molecule has 3 N–H and O–H groups in total. The van der Waals surface area contributed by atoms with Gasteiger partial charge in [-0.1, -0.05) is 6.07 Å². The highest BCUT2D eigenvalue weighted by Crippen LogP contribution is 2.35. The van der Waals surface area contributed by atoms with Crippen molar-refractivity contribution in [2.45, 2.75) is 69.3 Å². The minimum absolute atomic E-state index is 0.148. The molecule has 1 atom stereocenters. The maximum absolute atomic E-state index is 12.9. The third-order valence-electron chi connectivity index (χ3n) is 5.86. The summed E-state index contributed by atoms with van der Waals surface area (Å²) < 4.78 is 16.8. The number of hydrogen-bond donors (Lipinski definition) is 2. The van der Waals surface area contributed by atoms with Crippen LogP contribution in [0.1, 0.15) is 60.2 Å². The van der Waals surface area contributed by atoms with Gasteiger partial charge >= 0.3 is 0 Å². The number of nitrogens with zero attached hydrogens (tertiary/aromatic N) is 2. The predicted molar refractivity (Wildman–Crippen MR) is 112 cm³/mol. The van der Waals surface area contributed by atoms with Crippen molar-refractivity contribution in [1.82, 2.24) is 4.98 Å². The van der Waals surface area contributed by atoms with Gasteiger partial charge in [-0.05, 0) is 92.3 Å². The summed E-state index contributed by atoms with van der Waals surface area (Å²) in [5, 5.41) is 15.9. The van der Waals surface area contributed by atoms with Crippen LogP contribution < -0.4 is 5.14 Å². The lowest BCUT2D eigenvalue weighted by atomic mass is 9.92. The summed E-state index contributed by atoms with van der Waals surface area (Å²) in [6.45, 7) is 3.22. The Morgan fingerprint density at radius 3 is 2.31 bits per heavy atom. The molecule has 0 spiro atoms. The first-order valence-corrected chi connectivity index (χ1v) is 11.6. The fourth-order valence-electron chi connectivity index (χ4n) is 4.45. The molecule has 7 heteroatoms. The first kappa shape index (κ1) is 20.2. The summed E-state index contributed by atoms with van der Waals surface area (Å²) >= 11 is 0. The van der Waals surface area contributed by atoms with Gasteiger partial charge in [0.15, 0.2) is 0 Å². The molecule has 2 aliphatic carbocycles. The van der Waals surface area contributed by atoms with Gasteiger partial charge in [0.1, 0.15) is 15.5 Å². The highest BCUT2D eigenvalue weighted by atomic mass is 32.2. The summed E-state index contributed by atoms with van der Waals surface area (Å²) in [7, 11) is -3.39. The Morgan fingerprint density at radius 2 is 1.79 bits per heavy atom. The molecule has 1 heterocycles. The zero-order chi connectivity index (χ0) is 20.8. The van der Waals surface area contributed by atoms with Gasteiger partial charge in [-0.15, -0.1) is 4.36 Å². The van der Waals surface area contributed by atoms with Crippen molar-refractivity contribution in [2.24, 2.45) is 9.50 Å². The third kappa shape index (κ3) is 3.99. The van der Waals surface area contributed by atoms with Crippen molar-refractivity contribution in [1.29, 1.82) is 0 Å². The number of carbonyl (C=O) groups excluding carboxylic acids is 1. The fourth-order valence-corrected chi connectivity index (χ4v) is 5.39. The Bertz CT molecular complexity index is 1060. The Kier molecular flexibility index (Phi) is 5.09. The van der Waals surface area contributed by atoms with Crippen LogP contribution in [0.4, 0.5) is 0 Å². The van der Waals surface area contributed by atoms with Crippen LogP contribution in [0.2, 0.25) is 0 Å². The number of nitrogens with two attached hydrogens (primary N) is 1. The zero-order valence-corrected chi connectivity index (χ0v) is 17.7. The molecule has 2 aliphatic rings. The van der Waals surface area contributed by atoms with E-state index in [-0.39, 0.29) is 11.3 Å². The van der Waals surface area contributed by atoms with E-state index in [2.05, 4.69) is 15.4 Å². The second-order valence-electron chi connectivity index (χ2n) is 8.51. The van der Waals surface area contributed by atoms with Crippen LogP contribution in [0.3, 0.4) is 0 Å². The van der Waals surface area contributed by atoms with Crippen LogP contribution in [0.15, 0.2) is 33.7 Å². The minimum atomic E-state index is -3.39. The molecule has 0 aliphatic heterocycles. The Labute approximate surface area is 171 Å². The van der Waals surface area contributed by atoms with Crippen LogP contribution in [0, 0.1) is 0 Å². The third-order valence-corrected chi connectivity index (χ3v) is 7.26. The van der Waals surface area contributed by atoms with E-state index < -0.39 is 21.4 Å². The maximum atomic E-state index is 12.9. The summed E-state index contributed by atoms with van der Waals surface area (Å²) in [4.78, 5) is 17.0. The van der Waals surface area contributed by atoms with Gasteiger partial charge in [-0.2, -0.15) is 0 Å². The Hall–Kier alpha value is -2.09. The molecule has 1 amide bonds. The molecule has 1 aromatic carbocycles. The quantitative estimate of drug-likeness (QED) is 0.804. The molecule has 154 valence electrons. The van der Waals surface area contributed by atoms with Crippen molar-refractivity contribution in [3.8, 4) is 0 Å². The van der Waals surface area contributed by atoms with Crippen LogP contribution >= 0.6 is 0 Å². The van der Waals surface area contributed by atoms with E-state index in [1.165, 1.54) is 34.5 Å². The van der Waals surface area contributed by atoms with Gasteiger partial charge in [0, 0.05) is 6.20 Å². The molecular weight excluding hydrogens is 386 g/mol. The van der Waals surface area contributed by atoms with E-state index in [4.69, 9.17) is 5.14 Å². The smallest absolute Gasteiger partial charge is 0.259 e. The molecule has 0 saturated carbocycles. The fraction of sp³-hybridized carbons (Fsp3) is 0.455. The molecule has 0 radical (unpaired) electrons. The van der Waals surface area contributed by atoms with E-state index in [0.717, 1.165) is 44.1 Å². The molecular formula is C22H27N3O3S. The molecule has 2 aromatic rings. The molecule has 0 bridgehead atoms. The van der Waals surface area contributed by atoms with Gasteiger partial charge in [0.05, 0.1) is 17.0 Å². The number of aromatic nitrogens is 1. The number of fused-ring (bicyclic) bond motifs is 2. The lowest BCUT2D eigenvalue weighted by Crippen LogP contribution is -2.20. The maximum Gasteiger partial charge on any atom is 0.259 e. The van der Waals surface area contributed by atoms with Gasteiger partial charge in [-0.3, -0.25) is 9.78 Å². The first-order chi connectivity index (χ1) is 13.6. The highest BCUT2D eigenvalue weighted by Gasteiger charge is 2.25. The van der Waals surface area contributed by atoms with E-state index in [0.29, 0.717) is 5.69 Å². The van der Waals surface area contributed by atoms with Gasteiger partial charge < -0.3 is 5.11 Å². The van der Waals surface area contributed by atoms with Gasteiger partial charge in [0.2, 0.25) is 0 Å². The summed E-state index contributed by atoms with van der Waals surface area (Å²) in [5.41, 5.74) is 5.68. The second kappa shape index (κ2) is 7.31. The number of pyridine rings is 1. The van der Waals surface area contributed by atoms with Crippen molar-refractivity contribution in [3.63, 3.8) is 0 Å². The predicted octanol–water partition coefficient (Wildman–Crippen LogP) is 2.76. The average Bonchev–Trinajstić information content (AvgIpc) is 3.29. The summed E-state index contributed by atoms with van der Waals surface area (Å²) in [6.07, 6.45) is 7.81. The van der Waals surface area contributed by atoms with Crippen molar-refractivity contribution in [2.75, 3.05) is 0 Å². The lowest BCUT2D eigenvalue weighted by molar-refractivity contribution is -0.117. The number of amides is 1. The summed E-state index contributed by atoms with van der Waals surface area (Å²) in [6, 6.07) is 5.38. The Balaban J connectivity index is 1.63. The molecule has 4 rings (SSSR count). The monoisotopic (exact) mass is 413 g/mol. The number of hydrogen-bond acceptors (Lipinski definition) is 4. The number of benzene rings is 1. The van der Waals surface area contributed by atoms with Crippen LogP contribution in [-0.2, 0) is 52.4 Å². The molecule has 0 fully saturated rings. The van der Waals surface area contributed by atoms with E-state index in [9.17, 15) is 14.1 Å². The second-order valence-corrected chi connectivity index (χ2v) is 10.3. The normalized spacial score (nSPS) is 17.5. The zero-order valence-electron chi connectivity index (χ0n) is 16.9. The average molecular weight is 414 g/mol. The standard InChI is InChI=1S/C22H27N3O3S/c1-22(2,27)20-10-9-16(13-24-20)29(23,28)25-21(26)12-19-17-7-3-5-14(17)11-15-6-4-8-18(15)19/h9-11,13,27H,3-8,12H2,1-2H3,(H2,23,25,26,28). The topological polar surface area (TPSA) is 106 Å². The molecule has 1 aromatic heterocycles. The van der Waals surface area contributed by atoms with E-state index in [1.807, 2.05) is 0 Å². The first-order valence-electron chi connectivity index (χ1n) is 10.1. The van der Waals surface area contributed by atoms with Crippen molar-refractivity contribution >= 4 is 15.8 Å². The van der Waals surface area contributed by atoms with E-state index in [1.54, 1.807) is 19.9 Å². The minimum Gasteiger partial charge on any atom is -0.384 e. The number of aliphatic hydroxyl groups is 1. The SMILES string of the molecule is CC(C)(O)c1ccc(S(N)(=O)=NC(=O)Cc2c3c(cc4c2CCC4)CCC3)cn1. The highest BCUT2D eigenvalue weighted by molar-refractivity contribution is 7.91.